The minimum atomic E-state index is -3.20. The fourth-order valence-corrected chi connectivity index (χ4v) is 2.57. The van der Waals surface area contributed by atoms with Crippen LogP contribution in [0.5, 0.6) is 0 Å². The molecule has 2 rings (SSSR count). The van der Waals surface area contributed by atoms with E-state index in [2.05, 4.69) is 10.3 Å². The third-order valence-electron chi connectivity index (χ3n) is 3.23. The highest BCUT2D eigenvalue weighted by Gasteiger charge is 2.11. The molecule has 7 heteroatoms. The van der Waals surface area contributed by atoms with Crippen LogP contribution in [0.3, 0.4) is 0 Å². The van der Waals surface area contributed by atoms with Crippen LogP contribution >= 0.6 is 0 Å². The topological polar surface area (TPSA) is 84.2 Å². The number of hydrogen-bond acceptors (Lipinski definition) is 5. The quantitative estimate of drug-likeness (QED) is 0.818. The van der Waals surface area contributed by atoms with Gasteiger partial charge in [-0.15, -0.1) is 0 Å². The van der Waals surface area contributed by atoms with Gasteiger partial charge in [0.2, 0.25) is 0 Å². The van der Waals surface area contributed by atoms with Gasteiger partial charge in [-0.2, -0.15) is 0 Å². The van der Waals surface area contributed by atoms with Gasteiger partial charge in [0.05, 0.1) is 17.5 Å². The summed E-state index contributed by atoms with van der Waals surface area (Å²) in [5, 5.41) is 13.2. The molecule has 0 amide bonds. The summed E-state index contributed by atoms with van der Waals surface area (Å²) in [6.07, 6.45) is 4.04. The molecule has 0 saturated carbocycles. The number of aliphatic hydroxyl groups is 1. The Bertz CT molecular complexity index is 693. The highest BCUT2D eigenvalue weighted by atomic mass is 32.2. The van der Waals surface area contributed by atoms with Crippen LogP contribution in [0.1, 0.15) is 17.5 Å². The van der Waals surface area contributed by atoms with E-state index in [1.807, 2.05) is 17.8 Å². The smallest absolute Gasteiger partial charge is 0.175 e. The van der Waals surface area contributed by atoms with Crippen molar-refractivity contribution in [2.45, 2.75) is 17.5 Å². The van der Waals surface area contributed by atoms with Crippen LogP contribution in [-0.4, -0.2) is 35.9 Å². The van der Waals surface area contributed by atoms with Crippen LogP contribution in [0, 0.1) is 0 Å². The maximum atomic E-state index is 11.4. The molecule has 0 aliphatic carbocycles. The molecule has 0 saturated heterocycles. The molecule has 1 heterocycles. The summed E-state index contributed by atoms with van der Waals surface area (Å²) in [5.74, 6) is 0.884. The lowest BCUT2D eigenvalue weighted by molar-refractivity contribution is 0.174. The van der Waals surface area contributed by atoms with E-state index < -0.39 is 15.9 Å². The van der Waals surface area contributed by atoms with Gasteiger partial charge in [0.1, 0.15) is 5.82 Å². The van der Waals surface area contributed by atoms with Crippen molar-refractivity contribution < 1.29 is 13.5 Å². The zero-order valence-electron chi connectivity index (χ0n) is 12.0. The van der Waals surface area contributed by atoms with Crippen LogP contribution in [0.25, 0.3) is 0 Å². The van der Waals surface area contributed by atoms with E-state index in [-0.39, 0.29) is 4.90 Å². The van der Waals surface area contributed by atoms with Crippen molar-refractivity contribution in [1.82, 2.24) is 14.9 Å². The van der Waals surface area contributed by atoms with Gasteiger partial charge in [-0.25, -0.2) is 13.4 Å². The number of rotatable bonds is 6. The Balaban J connectivity index is 1.91. The summed E-state index contributed by atoms with van der Waals surface area (Å²) >= 11 is 0. The van der Waals surface area contributed by atoms with Crippen molar-refractivity contribution in [2.24, 2.45) is 7.05 Å². The van der Waals surface area contributed by atoms with E-state index in [1.165, 1.54) is 12.1 Å². The number of nitrogens with zero attached hydrogens (tertiary/aromatic N) is 2. The molecule has 1 atom stereocenters. The van der Waals surface area contributed by atoms with Crippen LogP contribution in [0.15, 0.2) is 41.6 Å². The minimum absolute atomic E-state index is 0.249. The number of sulfone groups is 1. The molecule has 0 radical (unpaired) electrons. The summed E-state index contributed by atoms with van der Waals surface area (Å²) in [6.45, 7) is 0.924. The molecule has 1 unspecified atom stereocenters. The number of aromatic nitrogens is 2. The Kier molecular flexibility index (Phi) is 4.76. The summed E-state index contributed by atoms with van der Waals surface area (Å²) in [7, 11) is -1.30. The monoisotopic (exact) mass is 309 g/mol. The van der Waals surface area contributed by atoms with Crippen LogP contribution in [0.4, 0.5) is 0 Å². The second kappa shape index (κ2) is 6.38. The van der Waals surface area contributed by atoms with Gasteiger partial charge in [-0.1, -0.05) is 12.1 Å². The van der Waals surface area contributed by atoms with Gasteiger partial charge in [-0.05, 0) is 17.7 Å². The largest absolute Gasteiger partial charge is 0.387 e. The van der Waals surface area contributed by atoms with Crippen molar-refractivity contribution in [3.05, 3.63) is 48.0 Å². The lowest BCUT2D eigenvalue weighted by Crippen LogP contribution is -2.22. The molecular formula is C14H19N3O3S. The normalized spacial score (nSPS) is 13.3. The molecular weight excluding hydrogens is 290 g/mol. The molecule has 2 N–H and O–H groups in total. The number of aliphatic hydroxyl groups excluding tert-OH is 1. The predicted octanol–water partition coefficient (Wildman–Crippen LogP) is 0.647. The molecule has 21 heavy (non-hydrogen) atoms. The van der Waals surface area contributed by atoms with Crippen LogP contribution < -0.4 is 5.32 Å². The van der Waals surface area contributed by atoms with Crippen molar-refractivity contribution in [1.29, 1.82) is 0 Å². The Morgan fingerprint density at radius 1 is 1.33 bits per heavy atom. The third kappa shape index (κ3) is 4.13. The summed E-state index contributed by atoms with van der Waals surface area (Å²) in [6, 6.07) is 6.27. The first-order valence-electron chi connectivity index (χ1n) is 6.53. The van der Waals surface area contributed by atoms with Gasteiger partial charge in [-0.3, -0.25) is 0 Å². The first-order chi connectivity index (χ1) is 9.88. The third-order valence-corrected chi connectivity index (χ3v) is 4.36. The predicted molar refractivity (Wildman–Crippen MR) is 79.4 cm³/mol. The fourth-order valence-electron chi connectivity index (χ4n) is 1.94. The molecule has 0 bridgehead atoms. The highest BCUT2D eigenvalue weighted by molar-refractivity contribution is 7.90. The van der Waals surface area contributed by atoms with Gasteiger partial charge in [0.25, 0.3) is 0 Å². The van der Waals surface area contributed by atoms with E-state index in [0.717, 1.165) is 12.1 Å². The number of imidazole rings is 1. The summed E-state index contributed by atoms with van der Waals surface area (Å²) < 4.78 is 24.6. The van der Waals surface area contributed by atoms with Crippen LogP contribution in [0.2, 0.25) is 0 Å². The average molecular weight is 309 g/mol. The van der Waals surface area contributed by atoms with E-state index in [0.29, 0.717) is 18.7 Å². The fraction of sp³-hybridized carbons (Fsp3) is 0.357. The van der Waals surface area contributed by atoms with Crippen LogP contribution in [-0.2, 0) is 23.4 Å². The Hall–Kier alpha value is -1.70. The SMILES string of the molecule is Cn1ccnc1CNCC(O)c1ccc(S(C)(=O)=O)cc1. The van der Waals surface area contributed by atoms with Gasteiger partial charge in [0, 0.05) is 32.2 Å². The zero-order chi connectivity index (χ0) is 15.5. The Labute approximate surface area is 124 Å². The molecule has 0 spiro atoms. The molecule has 1 aromatic heterocycles. The van der Waals surface area contributed by atoms with E-state index in [4.69, 9.17) is 0 Å². The molecule has 6 nitrogen and oxygen atoms in total. The van der Waals surface area contributed by atoms with Crippen molar-refractivity contribution in [3.8, 4) is 0 Å². The highest BCUT2D eigenvalue weighted by Crippen LogP contribution is 2.16. The van der Waals surface area contributed by atoms with Gasteiger partial charge < -0.3 is 15.0 Å². The average Bonchev–Trinajstić information content (AvgIpc) is 2.83. The summed E-state index contributed by atoms with van der Waals surface area (Å²) in [5.41, 5.74) is 0.676. The van der Waals surface area contributed by atoms with E-state index in [9.17, 15) is 13.5 Å². The first kappa shape index (κ1) is 15.7. The van der Waals surface area contributed by atoms with Gasteiger partial charge >= 0.3 is 0 Å². The Morgan fingerprint density at radius 3 is 2.52 bits per heavy atom. The van der Waals surface area contributed by atoms with Crippen molar-refractivity contribution in [3.63, 3.8) is 0 Å². The minimum Gasteiger partial charge on any atom is -0.387 e. The maximum Gasteiger partial charge on any atom is 0.175 e. The second-order valence-electron chi connectivity index (χ2n) is 4.94. The molecule has 0 aliphatic rings. The summed E-state index contributed by atoms with van der Waals surface area (Å²) in [4.78, 5) is 4.43. The lowest BCUT2D eigenvalue weighted by Gasteiger charge is -2.12. The molecule has 0 aliphatic heterocycles. The number of aryl methyl sites for hydroxylation is 1. The maximum absolute atomic E-state index is 11.4. The first-order valence-corrected chi connectivity index (χ1v) is 8.42. The molecule has 2 aromatic rings. The molecule has 1 aromatic carbocycles. The standard InChI is InChI=1S/C14H19N3O3S/c1-17-8-7-16-14(17)10-15-9-13(18)11-3-5-12(6-4-11)21(2,19)20/h3-8,13,15,18H,9-10H2,1-2H3. The molecule has 114 valence electrons. The van der Waals surface area contributed by atoms with Crippen molar-refractivity contribution >= 4 is 9.84 Å². The molecule has 0 fully saturated rings. The number of benzene rings is 1. The Morgan fingerprint density at radius 2 is 2.00 bits per heavy atom. The second-order valence-corrected chi connectivity index (χ2v) is 6.96. The van der Waals surface area contributed by atoms with E-state index in [1.54, 1.807) is 18.3 Å². The van der Waals surface area contributed by atoms with E-state index >= 15 is 0 Å². The zero-order valence-corrected chi connectivity index (χ0v) is 12.8. The number of hydrogen-bond donors (Lipinski definition) is 2. The van der Waals surface area contributed by atoms with Gasteiger partial charge in [0.15, 0.2) is 9.84 Å². The van der Waals surface area contributed by atoms with Crippen molar-refractivity contribution in [2.75, 3.05) is 12.8 Å². The number of nitrogens with one attached hydrogen (secondary N) is 1. The lowest BCUT2D eigenvalue weighted by atomic mass is 10.1.